The van der Waals surface area contributed by atoms with Gasteiger partial charge in [-0.3, -0.25) is 0 Å². The van der Waals surface area contributed by atoms with Crippen molar-refractivity contribution in [2.45, 2.75) is 68.2 Å². The first-order valence-electron chi connectivity index (χ1n) is 10.2. The number of thiophene rings is 2. The van der Waals surface area contributed by atoms with Crippen molar-refractivity contribution in [3.63, 3.8) is 0 Å². The zero-order valence-corrected chi connectivity index (χ0v) is 22.7. The number of benzene rings is 2. The first kappa shape index (κ1) is 23.1. The second-order valence-electron chi connectivity index (χ2n) is 7.91. The molecule has 0 saturated heterocycles. The van der Waals surface area contributed by atoms with Crippen LogP contribution in [0.25, 0.3) is 0 Å². The second-order valence-corrected chi connectivity index (χ2v) is 14.3. The Morgan fingerprint density at radius 2 is 0.742 bits per heavy atom. The Hall–Kier alpha value is -1.11. The molecule has 0 saturated carbocycles. The zero-order valence-electron chi connectivity index (χ0n) is 18.7. The van der Waals surface area contributed by atoms with Gasteiger partial charge in [0.25, 0.3) is 0 Å². The smallest absolute Gasteiger partial charge is 0.0666 e. The van der Waals surface area contributed by atoms with Gasteiger partial charge in [0.1, 0.15) is 0 Å². The standard InChI is InChI=1S/C26H26S5/c1-15-11-17(3)25(18(4)12-15)30-23-9-7-21(28-23)27-22-8-10-24(29-22)31-26-19(5)13-16(2)14-20(26)6/h7-14H,1-6H3. The summed E-state index contributed by atoms with van der Waals surface area (Å²) in [6.45, 7) is 13.2. The van der Waals surface area contributed by atoms with Gasteiger partial charge in [-0.05, 0) is 88.1 Å². The Balaban J connectivity index is 1.45. The van der Waals surface area contributed by atoms with Crippen LogP contribution in [-0.2, 0) is 0 Å². The summed E-state index contributed by atoms with van der Waals surface area (Å²) in [7, 11) is 0. The third kappa shape index (κ3) is 5.63. The predicted octanol–water partition coefficient (Wildman–Crippen LogP) is 10.1. The average Bonchev–Trinajstić information content (AvgIpc) is 3.31. The number of hydrogen-bond donors (Lipinski definition) is 0. The van der Waals surface area contributed by atoms with E-state index in [1.165, 1.54) is 60.0 Å². The van der Waals surface area contributed by atoms with Gasteiger partial charge in [-0.1, -0.05) is 70.7 Å². The van der Waals surface area contributed by atoms with Crippen LogP contribution in [0.1, 0.15) is 33.4 Å². The molecule has 31 heavy (non-hydrogen) atoms. The summed E-state index contributed by atoms with van der Waals surface area (Å²) in [6, 6.07) is 18.2. The van der Waals surface area contributed by atoms with Crippen LogP contribution < -0.4 is 0 Å². The Kier molecular flexibility index (Phi) is 7.29. The Morgan fingerprint density at radius 1 is 0.452 bits per heavy atom. The summed E-state index contributed by atoms with van der Waals surface area (Å²) in [5.74, 6) is 0. The van der Waals surface area contributed by atoms with Gasteiger partial charge in [0.15, 0.2) is 0 Å². The highest BCUT2D eigenvalue weighted by atomic mass is 32.2. The van der Waals surface area contributed by atoms with Crippen molar-refractivity contribution < 1.29 is 0 Å². The molecule has 0 unspecified atom stereocenters. The van der Waals surface area contributed by atoms with Gasteiger partial charge < -0.3 is 0 Å². The lowest BCUT2D eigenvalue weighted by Crippen LogP contribution is -1.86. The summed E-state index contributed by atoms with van der Waals surface area (Å²) in [5.41, 5.74) is 8.14. The van der Waals surface area contributed by atoms with E-state index in [4.69, 9.17) is 0 Å². The van der Waals surface area contributed by atoms with Gasteiger partial charge in [-0.15, -0.1) is 22.7 Å². The van der Waals surface area contributed by atoms with E-state index >= 15 is 0 Å². The molecule has 0 radical (unpaired) electrons. The van der Waals surface area contributed by atoms with E-state index in [9.17, 15) is 0 Å². The topological polar surface area (TPSA) is 0 Å². The first-order chi connectivity index (χ1) is 14.8. The number of rotatable bonds is 6. The summed E-state index contributed by atoms with van der Waals surface area (Å²) in [5, 5.41) is 0. The molecule has 2 heterocycles. The van der Waals surface area contributed by atoms with E-state index in [-0.39, 0.29) is 0 Å². The summed E-state index contributed by atoms with van der Waals surface area (Å²) in [4.78, 5) is 2.78. The Morgan fingerprint density at radius 3 is 1.06 bits per heavy atom. The molecule has 0 aliphatic heterocycles. The van der Waals surface area contributed by atoms with Crippen LogP contribution in [-0.4, -0.2) is 0 Å². The first-order valence-corrected chi connectivity index (χ1v) is 14.3. The molecule has 0 aliphatic carbocycles. The highest BCUT2D eigenvalue weighted by molar-refractivity contribution is 8.05. The molecule has 0 bridgehead atoms. The molecule has 0 N–H and O–H groups in total. The fourth-order valence-electron chi connectivity index (χ4n) is 3.78. The van der Waals surface area contributed by atoms with Crippen LogP contribution in [0.5, 0.6) is 0 Å². The van der Waals surface area contributed by atoms with Crippen molar-refractivity contribution in [2.24, 2.45) is 0 Å². The third-order valence-electron chi connectivity index (χ3n) is 4.93. The molecule has 5 heteroatoms. The minimum absolute atomic E-state index is 1.34. The van der Waals surface area contributed by atoms with Crippen LogP contribution in [0.2, 0.25) is 0 Å². The molecule has 0 fully saturated rings. The lowest BCUT2D eigenvalue weighted by Gasteiger charge is -2.09. The molecule has 0 atom stereocenters. The molecule has 4 rings (SSSR count). The molecular weight excluding hydrogens is 473 g/mol. The minimum Gasteiger partial charge on any atom is -0.122 e. The van der Waals surface area contributed by atoms with Gasteiger partial charge in [-0.2, -0.15) is 0 Å². The van der Waals surface area contributed by atoms with E-state index < -0.39 is 0 Å². The van der Waals surface area contributed by atoms with Gasteiger partial charge in [-0.25, -0.2) is 0 Å². The van der Waals surface area contributed by atoms with E-state index in [1.807, 2.05) is 58.0 Å². The van der Waals surface area contributed by atoms with Crippen molar-refractivity contribution in [3.05, 3.63) is 81.9 Å². The molecular formula is C26H26S5. The average molecular weight is 499 g/mol. The van der Waals surface area contributed by atoms with E-state index in [1.54, 1.807) is 0 Å². The molecule has 160 valence electrons. The summed E-state index contributed by atoms with van der Waals surface area (Å²) < 4.78 is 5.42. The molecule has 2 aromatic heterocycles. The second kappa shape index (κ2) is 9.80. The van der Waals surface area contributed by atoms with Crippen molar-refractivity contribution in [2.75, 3.05) is 0 Å². The predicted molar refractivity (Wildman–Crippen MR) is 142 cm³/mol. The third-order valence-corrected chi connectivity index (χ3v) is 11.3. The molecule has 0 nitrogen and oxygen atoms in total. The zero-order chi connectivity index (χ0) is 22.1. The minimum atomic E-state index is 1.34. The van der Waals surface area contributed by atoms with Crippen molar-refractivity contribution in [3.8, 4) is 0 Å². The van der Waals surface area contributed by atoms with Crippen LogP contribution in [0, 0.1) is 41.5 Å². The van der Waals surface area contributed by atoms with E-state index in [0.29, 0.717) is 0 Å². The fourth-order valence-corrected chi connectivity index (χ4v) is 10.0. The number of hydrogen-bond acceptors (Lipinski definition) is 5. The van der Waals surface area contributed by atoms with Gasteiger partial charge >= 0.3 is 0 Å². The molecule has 4 aromatic rings. The van der Waals surface area contributed by atoms with Gasteiger partial charge in [0.05, 0.1) is 16.8 Å². The maximum absolute atomic E-state index is 2.28. The van der Waals surface area contributed by atoms with Crippen LogP contribution >= 0.6 is 58.0 Å². The monoisotopic (exact) mass is 498 g/mol. The van der Waals surface area contributed by atoms with Crippen LogP contribution in [0.4, 0.5) is 0 Å². The maximum Gasteiger partial charge on any atom is 0.0666 e. The Bertz CT molecular complexity index is 1090. The van der Waals surface area contributed by atoms with Crippen molar-refractivity contribution in [1.82, 2.24) is 0 Å². The summed E-state index contributed by atoms with van der Waals surface area (Å²) in [6.07, 6.45) is 0. The molecule has 0 aliphatic rings. The van der Waals surface area contributed by atoms with Crippen LogP contribution in [0.3, 0.4) is 0 Å². The quantitative estimate of drug-likeness (QED) is 0.259. The van der Waals surface area contributed by atoms with Gasteiger partial charge in [0, 0.05) is 9.79 Å². The number of aryl methyl sites for hydroxylation is 6. The largest absolute Gasteiger partial charge is 0.122 e. The lowest BCUT2D eigenvalue weighted by molar-refractivity contribution is 1.19. The van der Waals surface area contributed by atoms with E-state index in [0.717, 1.165) is 0 Å². The lowest BCUT2D eigenvalue weighted by atomic mass is 10.1. The van der Waals surface area contributed by atoms with Crippen molar-refractivity contribution >= 4 is 58.0 Å². The van der Waals surface area contributed by atoms with Gasteiger partial charge in [0.2, 0.25) is 0 Å². The highest BCUT2D eigenvalue weighted by Gasteiger charge is 2.12. The van der Waals surface area contributed by atoms with Crippen LogP contribution in [0.15, 0.2) is 75.2 Å². The summed E-state index contributed by atoms with van der Waals surface area (Å²) >= 11 is 9.46. The normalized spacial score (nSPS) is 11.3. The highest BCUT2D eigenvalue weighted by Crippen LogP contribution is 2.45. The fraction of sp³-hybridized carbons (Fsp3) is 0.231. The SMILES string of the molecule is Cc1cc(C)c(Sc2ccc(Sc3ccc(Sc4c(C)cc(C)cc4C)s3)s2)c(C)c1. The van der Waals surface area contributed by atoms with Crippen molar-refractivity contribution in [1.29, 1.82) is 0 Å². The molecule has 2 aromatic carbocycles. The maximum atomic E-state index is 2.28. The molecule has 0 amide bonds. The Labute approximate surface area is 206 Å². The molecule has 0 spiro atoms. The van der Waals surface area contributed by atoms with E-state index in [2.05, 4.69) is 90.1 Å².